The van der Waals surface area contributed by atoms with Gasteiger partial charge in [0.05, 0.1) is 25.3 Å². The first kappa shape index (κ1) is 22.3. The lowest BCUT2D eigenvalue weighted by Gasteiger charge is -2.34. The van der Waals surface area contributed by atoms with Crippen molar-refractivity contribution < 1.29 is 45.4 Å². The summed E-state index contributed by atoms with van der Waals surface area (Å²) in [5.41, 5.74) is -5.30. The molecule has 0 fully saturated rings. The molecule has 0 saturated heterocycles. The molecule has 4 nitrogen and oxygen atoms in total. The van der Waals surface area contributed by atoms with Crippen molar-refractivity contribution in [3.63, 3.8) is 0 Å². The molecule has 0 aromatic heterocycles. The Morgan fingerprint density at radius 2 is 0.966 bits per heavy atom. The molecule has 0 amide bonds. The number of methoxy groups -OCH3 is 2. The Balaban J connectivity index is 2.68. The summed E-state index contributed by atoms with van der Waals surface area (Å²) in [5.74, 6) is -19.9. The number of carbonyl (C=O) groups excluding carboxylic acids is 2. The number of alkyl halides is 6. The van der Waals surface area contributed by atoms with Gasteiger partial charge in [-0.1, -0.05) is 36.4 Å². The maximum Gasteiger partial charge on any atom is 0.380 e. The molecule has 0 bridgehead atoms. The average Bonchev–Trinajstić information content (AvgIpc) is 2.72. The van der Waals surface area contributed by atoms with Gasteiger partial charge in [0, 0.05) is 11.1 Å². The predicted molar refractivity (Wildman–Crippen MR) is 88.3 cm³/mol. The van der Waals surface area contributed by atoms with Gasteiger partial charge in [0.15, 0.2) is 0 Å². The van der Waals surface area contributed by atoms with Gasteiger partial charge in [0.2, 0.25) is 0 Å². The molecule has 10 heteroatoms. The van der Waals surface area contributed by atoms with E-state index in [0.717, 1.165) is 50.6 Å². The first-order valence-electron chi connectivity index (χ1n) is 7.92. The smallest absolute Gasteiger partial charge is 0.380 e. The zero-order chi connectivity index (χ0) is 22.0. The zero-order valence-corrected chi connectivity index (χ0v) is 15.0. The van der Waals surface area contributed by atoms with Crippen LogP contribution in [0.2, 0.25) is 0 Å². The summed E-state index contributed by atoms with van der Waals surface area (Å²) in [5, 5.41) is 0. The third-order valence-corrected chi connectivity index (χ3v) is 4.13. The van der Waals surface area contributed by atoms with Crippen LogP contribution in [0.1, 0.15) is 31.8 Å². The van der Waals surface area contributed by atoms with E-state index in [-0.39, 0.29) is 0 Å². The topological polar surface area (TPSA) is 52.6 Å². The number of ether oxygens (including phenoxy) is 2. The highest BCUT2D eigenvalue weighted by Gasteiger charge is 2.73. The quantitative estimate of drug-likeness (QED) is 0.499. The zero-order valence-electron chi connectivity index (χ0n) is 15.0. The molecule has 0 N–H and O–H groups in total. The molecule has 0 aliphatic heterocycles. The van der Waals surface area contributed by atoms with Crippen molar-refractivity contribution in [2.75, 3.05) is 14.2 Å². The van der Waals surface area contributed by atoms with Crippen LogP contribution in [0.15, 0.2) is 48.5 Å². The van der Waals surface area contributed by atoms with Crippen molar-refractivity contribution >= 4 is 11.9 Å². The van der Waals surface area contributed by atoms with E-state index >= 15 is 0 Å². The van der Waals surface area contributed by atoms with Crippen molar-refractivity contribution in [1.82, 2.24) is 0 Å². The van der Waals surface area contributed by atoms with Gasteiger partial charge in [0.1, 0.15) is 0 Å². The number of carbonyl (C=O) groups is 2. The van der Waals surface area contributed by atoms with E-state index in [2.05, 4.69) is 9.47 Å². The van der Waals surface area contributed by atoms with Crippen molar-refractivity contribution in [2.45, 2.75) is 17.8 Å². The normalized spacial score (nSPS) is 12.4. The van der Waals surface area contributed by atoms with E-state index in [0.29, 0.717) is 12.1 Å². The Bertz CT molecular complexity index is 853. The van der Waals surface area contributed by atoms with Crippen LogP contribution in [-0.4, -0.2) is 32.1 Å². The second kappa shape index (κ2) is 7.76. The number of rotatable bonds is 6. The fourth-order valence-corrected chi connectivity index (χ4v) is 2.63. The van der Waals surface area contributed by atoms with E-state index in [1.807, 2.05) is 0 Å². The van der Waals surface area contributed by atoms with Gasteiger partial charge >= 0.3 is 29.7 Å². The molecule has 0 unspecified atom stereocenters. The van der Waals surface area contributed by atoms with Gasteiger partial charge in [-0.3, -0.25) is 0 Å². The summed E-state index contributed by atoms with van der Waals surface area (Å²) in [7, 11) is 1.63. The highest BCUT2D eigenvalue weighted by atomic mass is 19.3. The van der Waals surface area contributed by atoms with E-state index in [4.69, 9.17) is 0 Å². The van der Waals surface area contributed by atoms with E-state index in [9.17, 15) is 35.9 Å². The Kier molecular flexibility index (Phi) is 5.96. The summed E-state index contributed by atoms with van der Waals surface area (Å²) in [6.45, 7) is 0. The summed E-state index contributed by atoms with van der Waals surface area (Å²) < 4.78 is 96.7. The Morgan fingerprint density at radius 1 is 0.655 bits per heavy atom. The largest absolute Gasteiger partial charge is 0.465 e. The number of hydrogen-bond acceptors (Lipinski definition) is 4. The molecule has 0 radical (unpaired) electrons. The summed E-state index contributed by atoms with van der Waals surface area (Å²) in [6, 6.07) is 6.24. The monoisotopic (exact) mass is 420 g/mol. The lowest BCUT2D eigenvalue weighted by Crippen LogP contribution is -2.51. The number of hydrogen-bond donors (Lipinski definition) is 0. The Hall–Kier alpha value is -3.04. The van der Waals surface area contributed by atoms with Crippen LogP contribution >= 0.6 is 0 Å². The van der Waals surface area contributed by atoms with Gasteiger partial charge in [0.25, 0.3) is 0 Å². The highest BCUT2D eigenvalue weighted by molar-refractivity contribution is 5.92. The van der Waals surface area contributed by atoms with Crippen LogP contribution in [0.25, 0.3) is 0 Å². The molecular weight excluding hydrogens is 406 g/mol. The summed E-state index contributed by atoms with van der Waals surface area (Å²) >= 11 is 0. The molecule has 0 heterocycles. The van der Waals surface area contributed by atoms with Crippen LogP contribution in [-0.2, 0) is 21.3 Å². The molecule has 2 rings (SSSR count). The molecule has 0 spiro atoms. The molecular formula is C19H14F6O4. The van der Waals surface area contributed by atoms with Gasteiger partial charge in [-0.2, -0.15) is 26.3 Å². The molecule has 0 atom stereocenters. The van der Waals surface area contributed by atoms with Crippen molar-refractivity contribution in [3.05, 3.63) is 70.8 Å². The molecule has 2 aromatic rings. The van der Waals surface area contributed by atoms with Crippen LogP contribution < -0.4 is 0 Å². The summed E-state index contributed by atoms with van der Waals surface area (Å²) in [6.07, 6.45) is 0. The SMILES string of the molecule is COC(=O)c1ccccc1C(F)(F)C(F)(F)C(F)(F)c1ccccc1C(=O)OC. The van der Waals surface area contributed by atoms with Crippen molar-refractivity contribution in [2.24, 2.45) is 0 Å². The minimum Gasteiger partial charge on any atom is -0.465 e. The molecule has 156 valence electrons. The minimum absolute atomic E-state index is 0.419. The second-order valence-corrected chi connectivity index (χ2v) is 5.80. The molecule has 0 aliphatic rings. The fourth-order valence-electron chi connectivity index (χ4n) is 2.63. The van der Waals surface area contributed by atoms with E-state index in [1.54, 1.807) is 0 Å². The van der Waals surface area contributed by atoms with Crippen LogP contribution in [0.5, 0.6) is 0 Å². The average molecular weight is 420 g/mol. The predicted octanol–water partition coefficient (Wildman–Crippen LogP) is 4.78. The van der Waals surface area contributed by atoms with Gasteiger partial charge in [-0.25, -0.2) is 9.59 Å². The minimum atomic E-state index is -6.03. The standard InChI is InChI=1S/C19H14F6O4/c1-28-15(26)11-7-3-5-9-13(11)17(20,21)19(24,25)18(22,23)14-10-6-4-8-12(14)16(27)29-2/h3-10H,1-2H3. The maximum absolute atomic E-state index is 14.7. The van der Waals surface area contributed by atoms with Crippen molar-refractivity contribution in [3.8, 4) is 0 Å². The van der Waals surface area contributed by atoms with Crippen LogP contribution in [0.4, 0.5) is 26.3 Å². The lowest BCUT2D eigenvalue weighted by molar-refractivity contribution is -0.321. The second-order valence-electron chi connectivity index (χ2n) is 5.80. The summed E-state index contributed by atoms with van der Waals surface area (Å²) in [4.78, 5) is 23.3. The maximum atomic E-state index is 14.7. The number of benzene rings is 2. The number of halogens is 6. The fraction of sp³-hybridized carbons (Fsp3) is 0.263. The molecule has 2 aromatic carbocycles. The molecule has 0 saturated carbocycles. The lowest BCUT2D eigenvalue weighted by atomic mass is 9.88. The van der Waals surface area contributed by atoms with Crippen LogP contribution in [0.3, 0.4) is 0 Å². The third kappa shape index (κ3) is 3.54. The van der Waals surface area contributed by atoms with E-state index in [1.165, 1.54) is 0 Å². The molecule has 29 heavy (non-hydrogen) atoms. The van der Waals surface area contributed by atoms with Gasteiger partial charge < -0.3 is 9.47 Å². The molecule has 0 aliphatic carbocycles. The van der Waals surface area contributed by atoms with Crippen molar-refractivity contribution in [1.29, 1.82) is 0 Å². The van der Waals surface area contributed by atoms with E-state index < -0.39 is 52.0 Å². The highest BCUT2D eigenvalue weighted by Crippen LogP contribution is 2.56. The number of esters is 2. The Labute approximate surface area is 161 Å². The third-order valence-electron chi connectivity index (χ3n) is 4.13. The van der Waals surface area contributed by atoms with Crippen LogP contribution in [0, 0.1) is 0 Å². The first-order valence-corrected chi connectivity index (χ1v) is 7.92. The van der Waals surface area contributed by atoms with Gasteiger partial charge in [-0.15, -0.1) is 0 Å². The Morgan fingerprint density at radius 3 is 1.28 bits per heavy atom. The van der Waals surface area contributed by atoms with Gasteiger partial charge in [-0.05, 0) is 12.1 Å². The first-order chi connectivity index (χ1) is 13.4.